The van der Waals surface area contributed by atoms with E-state index in [1.807, 2.05) is 6.92 Å². The van der Waals surface area contributed by atoms with E-state index in [0.29, 0.717) is 19.4 Å². The van der Waals surface area contributed by atoms with Crippen molar-refractivity contribution in [3.8, 4) is 12.3 Å². The summed E-state index contributed by atoms with van der Waals surface area (Å²) in [4.78, 5) is 24.6. The molecule has 1 saturated carbocycles. The Labute approximate surface area is 108 Å². The minimum Gasteiger partial charge on any atom is -0.481 e. The predicted molar refractivity (Wildman–Crippen MR) is 68.0 cm³/mol. The molecule has 1 rings (SSSR count). The summed E-state index contributed by atoms with van der Waals surface area (Å²) in [6.07, 6.45) is 8.24. The van der Waals surface area contributed by atoms with Crippen LogP contribution >= 0.6 is 0 Å². The lowest BCUT2D eigenvalue weighted by atomic mass is 9.86. The largest absolute Gasteiger partial charge is 0.481 e. The van der Waals surface area contributed by atoms with Crippen molar-refractivity contribution in [2.24, 2.45) is 5.41 Å². The number of hydrogen-bond acceptors (Lipinski definition) is 2. The normalized spacial score (nSPS) is 16.9. The Balaban J connectivity index is 2.55. The van der Waals surface area contributed by atoms with Crippen molar-refractivity contribution in [2.45, 2.75) is 32.6 Å². The lowest BCUT2D eigenvalue weighted by molar-refractivity contribution is -0.148. The van der Waals surface area contributed by atoms with Gasteiger partial charge in [-0.1, -0.05) is 18.8 Å². The second kappa shape index (κ2) is 6.29. The first kappa shape index (κ1) is 14.4. The molecule has 1 aliphatic carbocycles. The molecule has 2 N–H and O–H groups in total. The van der Waals surface area contributed by atoms with Gasteiger partial charge in [-0.3, -0.25) is 4.79 Å². The summed E-state index contributed by atoms with van der Waals surface area (Å²) in [6, 6.07) is -0.289. The van der Waals surface area contributed by atoms with Crippen molar-refractivity contribution in [3.05, 3.63) is 0 Å². The Kier molecular flexibility index (Phi) is 5.02. The molecule has 0 spiro atoms. The molecule has 0 aromatic rings. The molecular formula is C13H20N2O3. The van der Waals surface area contributed by atoms with Crippen LogP contribution in [0.1, 0.15) is 32.6 Å². The number of amides is 2. The Morgan fingerprint density at radius 2 is 2.06 bits per heavy atom. The number of carbonyl (C=O) groups excluding carboxylic acids is 1. The molecule has 1 fully saturated rings. The Hall–Kier alpha value is -1.70. The van der Waals surface area contributed by atoms with Crippen LogP contribution in [0, 0.1) is 17.8 Å². The van der Waals surface area contributed by atoms with E-state index in [1.165, 1.54) is 4.90 Å². The SMILES string of the molecule is C#CCN(CC)C(=O)NCC1(C(=O)O)CCCC1. The quantitative estimate of drug-likeness (QED) is 0.724. The molecular weight excluding hydrogens is 232 g/mol. The topological polar surface area (TPSA) is 69.6 Å². The highest BCUT2D eigenvalue weighted by molar-refractivity contribution is 5.78. The number of rotatable bonds is 5. The minimum absolute atomic E-state index is 0.183. The molecule has 0 unspecified atom stereocenters. The summed E-state index contributed by atoms with van der Waals surface area (Å²) >= 11 is 0. The van der Waals surface area contributed by atoms with Gasteiger partial charge in [0, 0.05) is 13.1 Å². The maximum absolute atomic E-state index is 11.8. The van der Waals surface area contributed by atoms with Gasteiger partial charge in [0.2, 0.25) is 0 Å². The number of nitrogens with zero attached hydrogens (tertiary/aromatic N) is 1. The number of aliphatic carboxylic acids is 1. The van der Waals surface area contributed by atoms with E-state index < -0.39 is 11.4 Å². The number of hydrogen-bond donors (Lipinski definition) is 2. The van der Waals surface area contributed by atoms with Crippen LogP contribution in [0.25, 0.3) is 0 Å². The van der Waals surface area contributed by atoms with Gasteiger partial charge >= 0.3 is 12.0 Å². The maximum atomic E-state index is 11.8. The summed E-state index contributed by atoms with van der Waals surface area (Å²) in [5, 5.41) is 12.0. The molecule has 2 amide bonds. The zero-order valence-corrected chi connectivity index (χ0v) is 10.7. The molecule has 0 radical (unpaired) electrons. The van der Waals surface area contributed by atoms with Crippen LogP contribution in [-0.2, 0) is 4.79 Å². The standard InChI is InChI=1S/C13H20N2O3/c1-3-9-15(4-2)12(18)14-10-13(11(16)17)7-5-6-8-13/h1H,4-10H2,2H3,(H,14,18)(H,16,17). The van der Waals surface area contributed by atoms with Gasteiger partial charge in [-0.25, -0.2) is 4.79 Å². The van der Waals surface area contributed by atoms with E-state index in [0.717, 1.165) is 12.8 Å². The van der Waals surface area contributed by atoms with Crippen molar-refractivity contribution in [2.75, 3.05) is 19.6 Å². The Bertz CT molecular complexity index is 354. The van der Waals surface area contributed by atoms with E-state index in [4.69, 9.17) is 6.42 Å². The monoisotopic (exact) mass is 252 g/mol. The van der Waals surface area contributed by atoms with Gasteiger partial charge in [0.15, 0.2) is 0 Å². The second-order valence-electron chi connectivity index (χ2n) is 4.67. The van der Waals surface area contributed by atoms with Crippen LogP contribution in [0.3, 0.4) is 0 Å². The average molecular weight is 252 g/mol. The second-order valence-corrected chi connectivity index (χ2v) is 4.67. The number of carboxylic acids is 1. The van der Waals surface area contributed by atoms with Crippen molar-refractivity contribution < 1.29 is 14.7 Å². The summed E-state index contributed by atoms with van der Waals surface area (Å²) in [5.41, 5.74) is -0.786. The third kappa shape index (κ3) is 3.16. The number of urea groups is 1. The zero-order valence-electron chi connectivity index (χ0n) is 10.7. The van der Waals surface area contributed by atoms with E-state index in [1.54, 1.807) is 0 Å². The first-order valence-electron chi connectivity index (χ1n) is 6.25. The van der Waals surface area contributed by atoms with Gasteiger partial charge in [-0.15, -0.1) is 6.42 Å². The van der Waals surface area contributed by atoms with Gasteiger partial charge in [-0.05, 0) is 19.8 Å². The zero-order chi connectivity index (χ0) is 13.6. The Morgan fingerprint density at radius 3 is 2.50 bits per heavy atom. The van der Waals surface area contributed by atoms with E-state index in [9.17, 15) is 14.7 Å². The number of terminal acetylenes is 1. The van der Waals surface area contributed by atoms with E-state index in [2.05, 4.69) is 11.2 Å². The van der Waals surface area contributed by atoms with E-state index >= 15 is 0 Å². The van der Waals surface area contributed by atoms with Crippen molar-refractivity contribution in [3.63, 3.8) is 0 Å². The molecule has 5 nitrogen and oxygen atoms in total. The van der Waals surface area contributed by atoms with Crippen LogP contribution in [0.5, 0.6) is 0 Å². The minimum atomic E-state index is -0.819. The van der Waals surface area contributed by atoms with Crippen LogP contribution < -0.4 is 5.32 Å². The average Bonchev–Trinajstić information content (AvgIpc) is 2.83. The lowest BCUT2D eigenvalue weighted by Crippen LogP contribution is -2.46. The number of nitrogens with one attached hydrogen (secondary N) is 1. The molecule has 18 heavy (non-hydrogen) atoms. The number of carbonyl (C=O) groups is 2. The van der Waals surface area contributed by atoms with Gasteiger partial charge in [-0.2, -0.15) is 0 Å². The van der Waals surface area contributed by atoms with Crippen LogP contribution in [0.2, 0.25) is 0 Å². The molecule has 0 aromatic heterocycles. The van der Waals surface area contributed by atoms with Gasteiger partial charge in [0.05, 0.1) is 12.0 Å². The van der Waals surface area contributed by atoms with Crippen LogP contribution in [0.4, 0.5) is 4.79 Å². The molecule has 1 aliphatic rings. The number of carboxylic acid groups (broad SMARTS) is 1. The fraction of sp³-hybridized carbons (Fsp3) is 0.692. The van der Waals surface area contributed by atoms with Crippen molar-refractivity contribution >= 4 is 12.0 Å². The third-order valence-corrected chi connectivity index (χ3v) is 3.54. The van der Waals surface area contributed by atoms with Crippen LogP contribution in [-0.4, -0.2) is 41.6 Å². The summed E-state index contributed by atoms with van der Waals surface area (Å²) < 4.78 is 0. The highest BCUT2D eigenvalue weighted by Crippen LogP contribution is 2.37. The molecule has 0 aromatic carbocycles. The lowest BCUT2D eigenvalue weighted by Gasteiger charge is -2.26. The highest BCUT2D eigenvalue weighted by Gasteiger charge is 2.41. The predicted octanol–water partition coefficient (Wildman–Crippen LogP) is 1.30. The highest BCUT2D eigenvalue weighted by atomic mass is 16.4. The van der Waals surface area contributed by atoms with Gasteiger partial charge < -0.3 is 15.3 Å². The molecule has 0 atom stereocenters. The molecule has 0 aliphatic heterocycles. The first-order chi connectivity index (χ1) is 8.55. The fourth-order valence-corrected chi connectivity index (χ4v) is 2.31. The van der Waals surface area contributed by atoms with Crippen LogP contribution in [0.15, 0.2) is 0 Å². The summed E-state index contributed by atoms with van der Waals surface area (Å²) in [7, 11) is 0. The van der Waals surface area contributed by atoms with Gasteiger partial charge in [0.25, 0.3) is 0 Å². The van der Waals surface area contributed by atoms with Gasteiger partial charge in [0.1, 0.15) is 0 Å². The molecule has 100 valence electrons. The van der Waals surface area contributed by atoms with E-state index in [-0.39, 0.29) is 19.1 Å². The fourth-order valence-electron chi connectivity index (χ4n) is 2.31. The Morgan fingerprint density at radius 1 is 1.44 bits per heavy atom. The third-order valence-electron chi connectivity index (χ3n) is 3.54. The molecule has 0 bridgehead atoms. The molecule has 0 saturated heterocycles. The first-order valence-corrected chi connectivity index (χ1v) is 6.25. The van der Waals surface area contributed by atoms with Crippen molar-refractivity contribution in [1.82, 2.24) is 10.2 Å². The van der Waals surface area contributed by atoms with Crippen molar-refractivity contribution in [1.29, 1.82) is 0 Å². The summed E-state index contributed by atoms with van der Waals surface area (Å²) in [6.45, 7) is 2.76. The molecule has 0 heterocycles. The molecule has 5 heteroatoms. The maximum Gasteiger partial charge on any atom is 0.318 e. The smallest absolute Gasteiger partial charge is 0.318 e. The summed E-state index contributed by atoms with van der Waals surface area (Å²) in [5.74, 6) is 1.59.